The lowest BCUT2D eigenvalue weighted by Gasteiger charge is -2.27. The minimum atomic E-state index is -1.76. The van der Waals surface area contributed by atoms with E-state index >= 15 is 0 Å². The third-order valence-corrected chi connectivity index (χ3v) is 11.2. The number of nitrogens with one attached hydrogen (secondary N) is 4. The fourth-order valence-electron chi connectivity index (χ4n) is 7.45. The Labute approximate surface area is 386 Å². The number of para-hydroxylation sites is 1. The maximum absolute atomic E-state index is 13.8. The Morgan fingerprint density at radius 2 is 1.42 bits per heavy atom. The number of hydrogen-bond donors (Lipinski definition) is 10. The van der Waals surface area contributed by atoms with Crippen molar-refractivity contribution in [2.75, 3.05) is 26.7 Å². The molecule has 1 saturated heterocycles. The van der Waals surface area contributed by atoms with Crippen LogP contribution in [0.1, 0.15) is 48.0 Å². The Balaban J connectivity index is 1.25. The van der Waals surface area contributed by atoms with Gasteiger partial charge in [-0.25, -0.2) is 0 Å². The molecule has 20 heteroatoms. The summed E-state index contributed by atoms with van der Waals surface area (Å²) in [6.07, 6.45) is -1.59. The monoisotopic (exact) mass is 926 g/mol. The Kier molecular flexibility index (Phi) is 17.6. The van der Waals surface area contributed by atoms with Crippen molar-refractivity contribution in [2.24, 2.45) is 22.9 Å². The molecule has 5 rings (SSSR count). The molecule has 0 bridgehead atoms. The molecule has 350 valence electrons. The molecule has 4 aromatic carbocycles. The third kappa shape index (κ3) is 13.3. The van der Waals surface area contributed by atoms with Crippen LogP contribution < -0.4 is 44.2 Å². The number of benzene rings is 4. The first kappa shape index (κ1) is 49.9. The van der Waals surface area contributed by atoms with Crippen molar-refractivity contribution in [3.8, 4) is 33.8 Å². The SMILES string of the molecule is CN(CC(=O)NC(N)C(=O)NC(Cc1ccc(O)c(-c2ccccc2O)c1)C(=O)NC(N)C(=O)N1CCCC1C(N)=O)C(=O)C(CCCCN)NC(=O)c1ccc(-c2ccc(Cl)cc2)cc1. The zero-order valence-electron chi connectivity index (χ0n) is 36.2. The van der Waals surface area contributed by atoms with Crippen LogP contribution in [0.25, 0.3) is 22.3 Å². The van der Waals surface area contributed by atoms with E-state index in [1.165, 1.54) is 36.2 Å². The first-order valence-electron chi connectivity index (χ1n) is 21.2. The molecule has 4 aromatic rings. The normalized spacial score (nSPS) is 15.1. The minimum absolute atomic E-state index is 0.133. The van der Waals surface area contributed by atoms with E-state index in [1.807, 2.05) is 12.1 Å². The van der Waals surface area contributed by atoms with Crippen LogP contribution in [0.3, 0.4) is 0 Å². The number of primary amides is 1. The second-order valence-electron chi connectivity index (χ2n) is 15.8. The number of phenolic OH excluding ortho intramolecular Hbond substituents is 2. The number of rotatable bonds is 20. The topological polar surface area (TPSA) is 319 Å². The zero-order chi connectivity index (χ0) is 48.1. The molecule has 0 saturated carbocycles. The largest absolute Gasteiger partial charge is 0.507 e. The summed E-state index contributed by atoms with van der Waals surface area (Å²) < 4.78 is 0. The van der Waals surface area contributed by atoms with Crippen molar-refractivity contribution in [1.82, 2.24) is 31.1 Å². The van der Waals surface area contributed by atoms with Gasteiger partial charge in [0, 0.05) is 41.7 Å². The number of likely N-dealkylation sites (N-methyl/N-ethyl adjacent to an activating group) is 1. The number of carbonyl (C=O) groups excluding carboxylic acids is 7. The molecule has 1 aliphatic heterocycles. The summed E-state index contributed by atoms with van der Waals surface area (Å²) in [6, 6.07) is 21.1. The van der Waals surface area contributed by atoms with Gasteiger partial charge in [-0.3, -0.25) is 33.6 Å². The van der Waals surface area contributed by atoms with Crippen LogP contribution in [0.4, 0.5) is 0 Å². The summed E-state index contributed by atoms with van der Waals surface area (Å²) in [4.78, 5) is 95.1. The highest BCUT2D eigenvalue weighted by Crippen LogP contribution is 2.36. The Hall–Kier alpha value is -7.06. The molecule has 0 spiro atoms. The lowest BCUT2D eigenvalue weighted by Crippen LogP contribution is -2.62. The van der Waals surface area contributed by atoms with Crippen LogP contribution in [-0.4, -0.2) is 119 Å². The summed E-state index contributed by atoms with van der Waals surface area (Å²) in [6.45, 7) is -0.0411. The van der Waals surface area contributed by atoms with Gasteiger partial charge in [-0.15, -0.1) is 0 Å². The number of unbranched alkanes of at least 4 members (excludes halogenated alkanes) is 1. The molecule has 5 unspecified atom stereocenters. The lowest BCUT2D eigenvalue weighted by atomic mass is 9.97. The molecular formula is C46H55ClN10O9. The Bertz CT molecular complexity index is 2400. The molecule has 1 fully saturated rings. The maximum Gasteiger partial charge on any atom is 0.260 e. The quantitative estimate of drug-likeness (QED) is 0.0435. The number of carbonyl (C=O) groups is 7. The average molecular weight is 927 g/mol. The van der Waals surface area contributed by atoms with E-state index < -0.39 is 78.4 Å². The number of nitrogens with zero attached hydrogens (tertiary/aromatic N) is 2. The van der Waals surface area contributed by atoms with Crippen molar-refractivity contribution in [3.05, 3.63) is 107 Å². The van der Waals surface area contributed by atoms with Crippen molar-refractivity contribution in [1.29, 1.82) is 0 Å². The Morgan fingerprint density at radius 3 is 2.08 bits per heavy atom. The lowest BCUT2D eigenvalue weighted by molar-refractivity contribution is -0.141. The molecule has 14 N–H and O–H groups in total. The van der Waals surface area contributed by atoms with Crippen molar-refractivity contribution >= 4 is 53.0 Å². The molecule has 5 atom stereocenters. The second kappa shape index (κ2) is 23.2. The van der Waals surface area contributed by atoms with Crippen LogP contribution in [0.15, 0.2) is 91.0 Å². The number of likely N-dealkylation sites (tertiary alicyclic amines) is 1. The van der Waals surface area contributed by atoms with E-state index in [-0.39, 0.29) is 42.0 Å². The van der Waals surface area contributed by atoms with Gasteiger partial charge in [-0.1, -0.05) is 60.1 Å². The molecule has 0 aromatic heterocycles. The fraction of sp³-hybridized carbons (Fsp3) is 0.326. The van der Waals surface area contributed by atoms with Crippen LogP contribution >= 0.6 is 11.6 Å². The zero-order valence-corrected chi connectivity index (χ0v) is 37.0. The maximum atomic E-state index is 13.8. The standard InChI is InChI=1S/C46H55ClN10O9/c1-56(45(65)33(8-4-5-21-48)52-42(62)29-14-12-27(13-15-29)28-16-18-30(47)19-17-28)25-38(60)54-39(49)44(64)53-34(43(63)55-40(50)46(66)57-22-6-9-35(57)41(51)61)24-26-11-20-37(59)32(23-26)31-7-2-3-10-36(31)58/h2-3,7,10-20,23,33-35,39-40,58-59H,4-6,8-9,21-22,24-25,48-50H2,1H3,(H2,51,61)(H,52,62)(H,53,64)(H,54,60)(H,55,63). The second-order valence-corrected chi connectivity index (χ2v) is 16.3. The summed E-state index contributed by atoms with van der Waals surface area (Å²) in [7, 11) is 1.34. The van der Waals surface area contributed by atoms with Gasteiger partial charge >= 0.3 is 0 Å². The van der Waals surface area contributed by atoms with E-state index in [0.29, 0.717) is 48.4 Å². The average Bonchev–Trinajstić information content (AvgIpc) is 3.80. The number of aromatic hydroxyl groups is 2. The van der Waals surface area contributed by atoms with Crippen molar-refractivity contribution < 1.29 is 43.8 Å². The van der Waals surface area contributed by atoms with Crippen LogP contribution in [-0.2, 0) is 35.2 Å². The molecule has 19 nitrogen and oxygen atoms in total. The summed E-state index contributed by atoms with van der Waals surface area (Å²) in [5.41, 5.74) is 26.3. The van der Waals surface area contributed by atoms with Gasteiger partial charge in [-0.05, 0) is 97.8 Å². The number of amides is 7. The number of halogens is 1. The fourth-order valence-corrected chi connectivity index (χ4v) is 7.57. The van der Waals surface area contributed by atoms with Crippen LogP contribution in [0, 0.1) is 0 Å². The first-order chi connectivity index (χ1) is 31.5. The van der Waals surface area contributed by atoms with Crippen molar-refractivity contribution in [2.45, 2.75) is 69.0 Å². The van der Waals surface area contributed by atoms with Crippen LogP contribution in [0.5, 0.6) is 11.5 Å². The van der Waals surface area contributed by atoms with E-state index in [0.717, 1.165) is 16.0 Å². The number of phenols is 2. The van der Waals surface area contributed by atoms with E-state index in [9.17, 15) is 43.8 Å². The number of nitrogens with two attached hydrogens (primary N) is 4. The summed E-state index contributed by atoms with van der Waals surface area (Å²) in [5.74, 6) is -5.79. The Morgan fingerprint density at radius 1 is 0.773 bits per heavy atom. The van der Waals surface area contributed by atoms with Gasteiger partial charge in [0.25, 0.3) is 17.7 Å². The first-order valence-corrected chi connectivity index (χ1v) is 21.6. The van der Waals surface area contributed by atoms with Gasteiger partial charge in [0.2, 0.25) is 23.6 Å². The smallest absolute Gasteiger partial charge is 0.260 e. The van der Waals surface area contributed by atoms with Gasteiger partial charge < -0.3 is 64.2 Å². The summed E-state index contributed by atoms with van der Waals surface area (Å²) in [5, 5.41) is 31.6. The van der Waals surface area contributed by atoms with E-state index in [2.05, 4.69) is 21.3 Å². The molecule has 0 aliphatic carbocycles. The van der Waals surface area contributed by atoms with E-state index in [4.69, 9.17) is 34.5 Å². The molecule has 7 amide bonds. The van der Waals surface area contributed by atoms with Crippen LogP contribution in [0.2, 0.25) is 5.02 Å². The highest BCUT2D eigenvalue weighted by Gasteiger charge is 2.37. The highest BCUT2D eigenvalue weighted by atomic mass is 35.5. The predicted octanol–water partition coefficient (Wildman–Crippen LogP) is 0.777. The molecule has 1 heterocycles. The summed E-state index contributed by atoms with van der Waals surface area (Å²) >= 11 is 6.01. The molecular weight excluding hydrogens is 872 g/mol. The molecule has 0 radical (unpaired) electrons. The van der Waals surface area contributed by atoms with Gasteiger partial charge in [0.15, 0.2) is 12.3 Å². The minimum Gasteiger partial charge on any atom is -0.507 e. The molecule has 1 aliphatic rings. The number of hydrogen-bond acceptors (Lipinski definition) is 12. The van der Waals surface area contributed by atoms with Gasteiger partial charge in [-0.2, -0.15) is 0 Å². The highest BCUT2D eigenvalue weighted by molar-refractivity contribution is 6.30. The van der Waals surface area contributed by atoms with Gasteiger partial charge in [0.05, 0.1) is 6.54 Å². The predicted molar refractivity (Wildman–Crippen MR) is 246 cm³/mol. The van der Waals surface area contributed by atoms with Crippen molar-refractivity contribution in [3.63, 3.8) is 0 Å². The molecule has 66 heavy (non-hydrogen) atoms. The third-order valence-electron chi connectivity index (χ3n) is 11.0. The van der Waals surface area contributed by atoms with Gasteiger partial charge in [0.1, 0.15) is 29.6 Å². The van der Waals surface area contributed by atoms with E-state index in [1.54, 1.807) is 54.6 Å².